The Morgan fingerprint density at radius 1 is 1.47 bits per heavy atom. The zero-order chi connectivity index (χ0) is 13.8. The lowest BCUT2D eigenvalue weighted by atomic mass is 10.1. The Bertz CT molecular complexity index is 592. The molecule has 0 spiro atoms. The van der Waals surface area contributed by atoms with E-state index < -0.39 is 5.97 Å². The summed E-state index contributed by atoms with van der Waals surface area (Å²) in [5.41, 5.74) is 2.90. The van der Waals surface area contributed by atoms with E-state index in [1.165, 1.54) is 11.3 Å². The van der Waals surface area contributed by atoms with Gasteiger partial charge in [-0.1, -0.05) is 0 Å². The van der Waals surface area contributed by atoms with Crippen LogP contribution in [0.15, 0.2) is 23.6 Å². The molecule has 1 aromatic heterocycles. The van der Waals surface area contributed by atoms with Crippen molar-refractivity contribution in [2.24, 2.45) is 0 Å². The fraction of sp³-hybridized carbons (Fsp3) is 0.286. The lowest BCUT2D eigenvalue weighted by Gasteiger charge is -2.07. The zero-order valence-corrected chi connectivity index (χ0v) is 11.7. The summed E-state index contributed by atoms with van der Waals surface area (Å²) in [6, 6.07) is 5.83. The van der Waals surface area contributed by atoms with E-state index in [0.29, 0.717) is 11.6 Å². The topological polar surface area (TPSA) is 59.4 Å². The summed E-state index contributed by atoms with van der Waals surface area (Å²) >= 11 is 1.37. The second kappa shape index (κ2) is 5.84. The third kappa shape index (κ3) is 3.32. The largest absolute Gasteiger partial charge is 0.494 e. The Balaban J connectivity index is 2.26. The molecule has 0 unspecified atom stereocenters. The van der Waals surface area contributed by atoms with E-state index in [1.54, 1.807) is 0 Å². The van der Waals surface area contributed by atoms with Crippen LogP contribution in [0.4, 0.5) is 0 Å². The minimum absolute atomic E-state index is 0.0270. The molecule has 0 amide bonds. The number of carboxylic acid groups (broad SMARTS) is 1. The number of carboxylic acids is 1. The molecule has 4 nitrogen and oxygen atoms in total. The number of carbonyl (C=O) groups is 1. The van der Waals surface area contributed by atoms with Gasteiger partial charge >= 0.3 is 5.97 Å². The van der Waals surface area contributed by atoms with Crippen molar-refractivity contribution in [3.8, 4) is 17.0 Å². The first-order valence-electron chi connectivity index (χ1n) is 6.00. The van der Waals surface area contributed by atoms with Crippen LogP contribution in [0, 0.1) is 6.92 Å². The number of rotatable bonds is 5. The number of hydrogen-bond donors (Lipinski definition) is 1. The van der Waals surface area contributed by atoms with Gasteiger partial charge in [0.15, 0.2) is 0 Å². The monoisotopic (exact) mass is 277 g/mol. The van der Waals surface area contributed by atoms with E-state index in [4.69, 9.17) is 9.84 Å². The summed E-state index contributed by atoms with van der Waals surface area (Å²) in [5.74, 6) is -0.0194. The molecule has 2 rings (SSSR count). The highest BCUT2D eigenvalue weighted by molar-refractivity contribution is 7.10. The molecule has 0 radical (unpaired) electrons. The fourth-order valence-electron chi connectivity index (χ4n) is 1.83. The van der Waals surface area contributed by atoms with Crippen LogP contribution in [-0.4, -0.2) is 22.7 Å². The summed E-state index contributed by atoms with van der Waals surface area (Å²) in [7, 11) is 0. The number of aliphatic carboxylic acids is 1. The lowest BCUT2D eigenvalue weighted by molar-refractivity contribution is -0.136. The molecule has 0 aliphatic rings. The van der Waals surface area contributed by atoms with Crippen molar-refractivity contribution in [1.29, 1.82) is 0 Å². The van der Waals surface area contributed by atoms with Gasteiger partial charge in [-0.2, -0.15) is 0 Å². The molecule has 0 saturated carbocycles. The van der Waals surface area contributed by atoms with Crippen LogP contribution in [0.2, 0.25) is 0 Å². The van der Waals surface area contributed by atoms with Crippen LogP contribution in [0.5, 0.6) is 5.75 Å². The van der Waals surface area contributed by atoms with Gasteiger partial charge in [-0.3, -0.25) is 4.79 Å². The summed E-state index contributed by atoms with van der Waals surface area (Å²) in [4.78, 5) is 15.0. The maximum Gasteiger partial charge on any atom is 0.310 e. The molecule has 5 heteroatoms. The fourth-order valence-corrected chi connectivity index (χ4v) is 2.61. The molecule has 0 saturated heterocycles. The highest BCUT2D eigenvalue weighted by atomic mass is 32.1. The number of nitrogens with zero attached hydrogens (tertiary/aromatic N) is 1. The highest BCUT2D eigenvalue weighted by Gasteiger charge is 2.10. The second-order valence-electron chi connectivity index (χ2n) is 4.11. The van der Waals surface area contributed by atoms with Crippen molar-refractivity contribution in [2.45, 2.75) is 20.3 Å². The van der Waals surface area contributed by atoms with Crippen LogP contribution in [0.1, 0.15) is 17.5 Å². The average Bonchev–Trinajstić information content (AvgIpc) is 2.77. The SMILES string of the molecule is CCOc1ccc(-c2csc(CC(=O)O)n2)c(C)c1. The molecule has 2 aromatic rings. The first-order valence-corrected chi connectivity index (χ1v) is 6.88. The van der Waals surface area contributed by atoms with Gasteiger partial charge in [0.1, 0.15) is 10.8 Å². The predicted molar refractivity (Wildman–Crippen MR) is 74.8 cm³/mol. The van der Waals surface area contributed by atoms with E-state index in [1.807, 2.05) is 37.4 Å². The Kier molecular flexibility index (Phi) is 4.16. The van der Waals surface area contributed by atoms with Crippen LogP contribution < -0.4 is 4.74 Å². The van der Waals surface area contributed by atoms with Gasteiger partial charge in [0.05, 0.1) is 18.7 Å². The van der Waals surface area contributed by atoms with Gasteiger partial charge in [-0.15, -0.1) is 11.3 Å². The standard InChI is InChI=1S/C14H15NO3S/c1-3-18-10-4-5-11(9(2)6-10)12-8-19-13(15-12)7-14(16)17/h4-6,8H,3,7H2,1-2H3,(H,16,17). The first kappa shape index (κ1) is 13.5. The number of hydrogen-bond acceptors (Lipinski definition) is 4. The molecule has 1 aromatic carbocycles. The zero-order valence-electron chi connectivity index (χ0n) is 10.8. The Hall–Kier alpha value is -1.88. The van der Waals surface area contributed by atoms with Crippen molar-refractivity contribution in [3.05, 3.63) is 34.2 Å². The van der Waals surface area contributed by atoms with E-state index in [9.17, 15) is 4.79 Å². The van der Waals surface area contributed by atoms with Crippen LogP contribution in [0.3, 0.4) is 0 Å². The number of aromatic nitrogens is 1. The summed E-state index contributed by atoms with van der Waals surface area (Å²) < 4.78 is 5.44. The van der Waals surface area contributed by atoms with Crippen molar-refractivity contribution in [2.75, 3.05) is 6.61 Å². The van der Waals surface area contributed by atoms with Gasteiger partial charge < -0.3 is 9.84 Å². The van der Waals surface area contributed by atoms with Crippen molar-refractivity contribution >= 4 is 17.3 Å². The van der Waals surface area contributed by atoms with Gasteiger partial charge in [0.2, 0.25) is 0 Å². The van der Waals surface area contributed by atoms with E-state index in [-0.39, 0.29) is 6.42 Å². The van der Waals surface area contributed by atoms with Gasteiger partial charge in [0.25, 0.3) is 0 Å². The molecule has 0 aliphatic heterocycles. The number of aryl methyl sites for hydroxylation is 1. The van der Waals surface area contributed by atoms with Gasteiger partial charge in [0, 0.05) is 10.9 Å². The Morgan fingerprint density at radius 3 is 2.89 bits per heavy atom. The minimum Gasteiger partial charge on any atom is -0.494 e. The molecule has 1 heterocycles. The third-order valence-corrected chi connectivity index (χ3v) is 3.49. The Morgan fingerprint density at radius 2 is 2.26 bits per heavy atom. The van der Waals surface area contributed by atoms with Crippen LogP contribution in [0.25, 0.3) is 11.3 Å². The molecular weight excluding hydrogens is 262 g/mol. The highest BCUT2D eigenvalue weighted by Crippen LogP contribution is 2.28. The van der Waals surface area contributed by atoms with Crippen molar-refractivity contribution in [3.63, 3.8) is 0 Å². The smallest absolute Gasteiger partial charge is 0.310 e. The normalized spacial score (nSPS) is 10.4. The number of benzene rings is 1. The summed E-state index contributed by atoms with van der Waals surface area (Å²) in [5, 5.41) is 11.3. The lowest BCUT2D eigenvalue weighted by Crippen LogP contribution is -1.99. The third-order valence-electron chi connectivity index (χ3n) is 2.64. The number of thiazole rings is 1. The summed E-state index contributed by atoms with van der Waals surface area (Å²) in [6.07, 6.45) is -0.0270. The van der Waals surface area contributed by atoms with Crippen LogP contribution >= 0.6 is 11.3 Å². The van der Waals surface area contributed by atoms with Crippen molar-refractivity contribution < 1.29 is 14.6 Å². The molecular formula is C14H15NO3S. The van der Waals surface area contributed by atoms with E-state index in [0.717, 1.165) is 22.6 Å². The molecule has 1 N–H and O–H groups in total. The molecule has 100 valence electrons. The van der Waals surface area contributed by atoms with E-state index >= 15 is 0 Å². The molecule has 0 aliphatic carbocycles. The summed E-state index contributed by atoms with van der Waals surface area (Å²) in [6.45, 7) is 4.58. The predicted octanol–water partition coefficient (Wildman–Crippen LogP) is 3.14. The van der Waals surface area contributed by atoms with Gasteiger partial charge in [-0.05, 0) is 37.6 Å². The number of ether oxygens (including phenoxy) is 1. The second-order valence-corrected chi connectivity index (χ2v) is 5.05. The first-order chi connectivity index (χ1) is 9.10. The molecule has 0 bridgehead atoms. The molecule has 0 fully saturated rings. The maximum atomic E-state index is 10.6. The Labute approximate surface area is 115 Å². The van der Waals surface area contributed by atoms with E-state index in [2.05, 4.69) is 4.98 Å². The molecule has 0 atom stereocenters. The molecule has 19 heavy (non-hydrogen) atoms. The average molecular weight is 277 g/mol. The minimum atomic E-state index is -0.857. The van der Waals surface area contributed by atoms with Gasteiger partial charge in [-0.25, -0.2) is 4.98 Å². The maximum absolute atomic E-state index is 10.6. The van der Waals surface area contributed by atoms with Crippen molar-refractivity contribution in [1.82, 2.24) is 4.98 Å². The van der Waals surface area contributed by atoms with Crippen LogP contribution in [-0.2, 0) is 11.2 Å². The quantitative estimate of drug-likeness (QED) is 0.912.